The van der Waals surface area contributed by atoms with E-state index in [1.807, 2.05) is 30.3 Å². The van der Waals surface area contributed by atoms with Crippen molar-refractivity contribution in [1.82, 2.24) is 0 Å². The van der Waals surface area contributed by atoms with Crippen molar-refractivity contribution in [2.75, 3.05) is 0 Å². The maximum Gasteiger partial charge on any atom is 0.0505 e. The first-order valence-electron chi connectivity index (χ1n) is 4.19. The lowest BCUT2D eigenvalue weighted by Crippen LogP contribution is -1.79. The van der Waals surface area contributed by atoms with Crippen molar-refractivity contribution >= 4 is 23.2 Å². The van der Waals surface area contributed by atoms with Gasteiger partial charge in [-0.1, -0.05) is 53.5 Å². The molecular weight excluding hydrogens is 215 g/mol. The summed E-state index contributed by atoms with van der Waals surface area (Å²) in [6, 6.07) is 16.4. The molecule has 0 nitrogen and oxygen atoms in total. The van der Waals surface area contributed by atoms with Crippen LogP contribution in [0.2, 0.25) is 10.0 Å². The maximum atomic E-state index is 6.05. The van der Waals surface area contributed by atoms with Crippen LogP contribution in [-0.4, -0.2) is 0 Å². The van der Waals surface area contributed by atoms with E-state index in [9.17, 15) is 0 Å². The first-order chi connectivity index (χ1) is 6.77. The third-order valence-electron chi connectivity index (χ3n) is 1.92. The van der Waals surface area contributed by atoms with Gasteiger partial charge in [-0.3, -0.25) is 0 Å². The summed E-state index contributed by atoms with van der Waals surface area (Å²) in [5.74, 6) is 0. The van der Waals surface area contributed by atoms with Crippen molar-refractivity contribution in [3.8, 4) is 11.1 Å². The molecule has 0 heterocycles. The molecule has 0 saturated heterocycles. The molecule has 2 heteroatoms. The number of rotatable bonds is 1. The summed E-state index contributed by atoms with van der Waals surface area (Å²) in [6.45, 7) is 0. The average Bonchev–Trinajstić information content (AvgIpc) is 2.19. The van der Waals surface area contributed by atoms with E-state index in [0.29, 0.717) is 10.0 Å². The molecule has 0 fully saturated rings. The van der Waals surface area contributed by atoms with Gasteiger partial charge in [-0.15, -0.1) is 0 Å². The fourth-order valence-corrected chi connectivity index (χ4v) is 1.77. The fourth-order valence-electron chi connectivity index (χ4n) is 1.27. The topological polar surface area (TPSA) is 0 Å². The predicted octanol–water partition coefficient (Wildman–Crippen LogP) is 4.46. The first-order valence-corrected chi connectivity index (χ1v) is 4.95. The Hall–Kier alpha value is -0.980. The number of hydrogen-bond acceptors (Lipinski definition) is 0. The molecule has 0 N–H and O–H groups in total. The quantitative estimate of drug-likeness (QED) is 0.668. The Bertz CT molecular complexity index is 435. The monoisotopic (exact) mass is 221 g/mol. The first kappa shape index (κ1) is 9.57. The molecular formula is C12H7Cl2. The molecule has 2 rings (SSSR count). The number of hydrogen-bond donors (Lipinski definition) is 0. The lowest BCUT2D eigenvalue weighted by molar-refractivity contribution is 1.61. The van der Waals surface area contributed by atoms with Gasteiger partial charge in [0.05, 0.1) is 5.02 Å². The van der Waals surface area contributed by atoms with E-state index in [1.54, 1.807) is 12.1 Å². The zero-order chi connectivity index (χ0) is 9.97. The molecule has 0 bridgehead atoms. The van der Waals surface area contributed by atoms with Gasteiger partial charge in [0.2, 0.25) is 0 Å². The number of halogens is 2. The van der Waals surface area contributed by atoms with Crippen LogP contribution in [0.1, 0.15) is 0 Å². The Morgan fingerprint density at radius 2 is 1.71 bits per heavy atom. The van der Waals surface area contributed by atoms with Crippen LogP contribution >= 0.6 is 23.2 Å². The van der Waals surface area contributed by atoms with Gasteiger partial charge in [0, 0.05) is 10.6 Å². The standard InChI is InChI=1S/C12H7Cl2/c13-10-6-7-11(12(14)8-10)9-4-2-1-3-5-9/h1-6,8H. The molecule has 0 aliphatic rings. The van der Waals surface area contributed by atoms with Crippen LogP contribution in [0.4, 0.5) is 0 Å². The van der Waals surface area contributed by atoms with Gasteiger partial charge in [-0.25, -0.2) is 0 Å². The molecule has 0 unspecified atom stereocenters. The zero-order valence-electron chi connectivity index (χ0n) is 7.30. The third-order valence-corrected chi connectivity index (χ3v) is 2.44. The lowest BCUT2D eigenvalue weighted by Gasteiger charge is -2.03. The van der Waals surface area contributed by atoms with Crippen LogP contribution in [0.25, 0.3) is 11.1 Å². The van der Waals surface area contributed by atoms with Crippen LogP contribution in [-0.2, 0) is 0 Å². The van der Waals surface area contributed by atoms with Crippen LogP contribution in [0.5, 0.6) is 0 Å². The summed E-state index contributed by atoms with van der Waals surface area (Å²) in [4.78, 5) is 0. The molecule has 69 valence electrons. The zero-order valence-corrected chi connectivity index (χ0v) is 8.81. The summed E-state index contributed by atoms with van der Waals surface area (Å²) in [5, 5.41) is 1.23. The molecule has 0 aliphatic heterocycles. The molecule has 0 spiro atoms. The molecule has 0 saturated carbocycles. The van der Waals surface area contributed by atoms with Gasteiger partial charge in [0.1, 0.15) is 0 Å². The molecule has 2 aromatic carbocycles. The summed E-state index contributed by atoms with van der Waals surface area (Å²) in [7, 11) is 0. The van der Waals surface area contributed by atoms with Gasteiger partial charge in [-0.05, 0) is 23.8 Å². The highest BCUT2D eigenvalue weighted by Gasteiger charge is 2.03. The highest BCUT2D eigenvalue weighted by molar-refractivity contribution is 6.36. The SMILES string of the molecule is Clc1c[c]c(-c2ccccc2)c(Cl)c1. The molecule has 1 radical (unpaired) electrons. The van der Waals surface area contributed by atoms with E-state index in [1.165, 1.54) is 0 Å². The Morgan fingerprint density at radius 1 is 1.00 bits per heavy atom. The Labute approximate surface area is 93.1 Å². The van der Waals surface area contributed by atoms with E-state index in [0.717, 1.165) is 11.1 Å². The molecule has 2 aromatic rings. The molecule has 0 aliphatic carbocycles. The minimum Gasteiger partial charge on any atom is -0.0843 e. The predicted molar refractivity (Wildman–Crippen MR) is 60.7 cm³/mol. The van der Waals surface area contributed by atoms with Crippen molar-refractivity contribution in [1.29, 1.82) is 0 Å². The van der Waals surface area contributed by atoms with E-state index < -0.39 is 0 Å². The minimum atomic E-state index is 0.606. The second-order valence-corrected chi connectivity index (χ2v) is 3.75. The summed E-state index contributed by atoms with van der Waals surface area (Å²) >= 11 is 11.8. The van der Waals surface area contributed by atoms with Crippen LogP contribution < -0.4 is 0 Å². The Morgan fingerprint density at radius 3 is 2.36 bits per heavy atom. The van der Waals surface area contributed by atoms with E-state index in [2.05, 4.69) is 6.07 Å². The highest BCUT2D eigenvalue weighted by atomic mass is 35.5. The second kappa shape index (κ2) is 4.04. The molecule has 0 aromatic heterocycles. The van der Waals surface area contributed by atoms with Crippen molar-refractivity contribution < 1.29 is 0 Å². The van der Waals surface area contributed by atoms with Crippen LogP contribution in [0.3, 0.4) is 0 Å². The number of benzene rings is 2. The molecule has 0 atom stereocenters. The summed E-state index contributed by atoms with van der Waals surface area (Å²) in [6.07, 6.45) is 0. The van der Waals surface area contributed by atoms with Gasteiger partial charge in [0.15, 0.2) is 0 Å². The minimum absolute atomic E-state index is 0.606. The van der Waals surface area contributed by atoms with Crippen molar-refractivity contribution in [2.24, 2.45) is 0 Å². The van der Waals surface area contributed by atoms with Crippen molar-refractivity contribution in [2.45, 2.75) is 0 Å². The average molecular weight is 222 g/mol. The van der Waals surface area contributed by atoms with Crippen LogP contribution in [0.15, 0.2) is 42.5 Å². The Kier molecular flexibility index (Phi) is 2.76. The van der Waals surface area contributed by atoms with Crippen LogP contribution in [0, 0.1) is 6.07 Å². The van der Waals surface area contributed by atoms with Gasteiger partial charge in [-0.2, -0.15) is 0 Å². The normalized spacial score (nSPS) is 10.1. The van der Waals surface area contributed by atoms with Gasteiger partial charge in [0.25, 0.3) is 0 Å². The van der Waals surface area contributed by atoms with E-state index in [4.69, 9.17) is 23.2 Å². The second-order valence-electron chi connectivity index (χ2n) is 2.91. The van der Waals surface area contributed by atoms with Crippen molar-refractivity contribution in [3.63, 3.8) is 0 Å². The molecule has 0 amide bonds. The summed E-state index contributed by atoms with van der Waals surface area (Å²) in [5.41, 5.74) is 1.94. The van der Waals surface area contributed by atoms with E-state index in [-0.39, 0.29) is 0 Å². The van der Waals surface area contributed by atoms with Gasteiger partial charge < -0.3 is 0 Å². The molecule has 14 heavy (non-hydrogen) atoms. The smallest absolute Gasteiger partial charge is 0.0505 e. The van der Waals surface area contributed by atoms with Crippen molar-refractivity contribution in [3.05, 3.63) is 58.6 Å². The Balaban J connectivity index is 2.53. The maximum absolute atomic E-state index is 6.05. The van der Waals surface area contributed by atoms with Gasteiger partial charge >= 0.3 is 0 Å². The van der Waals surface area contributed by atoms with E-state index >= 15 is 0 Å². The lowest BCUT2D eigenvalue weighted by atomic mass is 10.1. The third kappa shape index (κ3) is 1.92. The largest absolute Gasteiger partial charge is 0.0843 e. The highest BCUT2D eigenvalue weighted by Crippen LogP contribution is 2.29. The fraction of sp³-hybridized carbons (Fsp3) is 0. The summed E-state index contributed by atoms with van der Waals surface area (Å²) < 4.78 is 0.